The van der Waals surface area contributed by atoms with Crippen LogP contribution in [-0.2, 0) is 22.6 Å². The SMILES string of the molecule is CC[C@H](C(=O)NC)N(Cc1ccc(F)cc1)C(=O)Cc1ccccc1C. The van der Waals surface area contributed by atoms with Gasteiger partial charge >= 0.3 is 0 Å². The van der Waals surface area contributed by atoms with Gasteiger partial charge in [0.15, 0.2) is 0 Å². The van der Waals surface area contributed by atoms with E-state index < -0.39 is 6.04 Å². The van der Waals surface area contributed by atoms with E-state index in [1.54, 1.807) is 24.1 Å². The third kappa shape index (κ3) is 4.91. The van der Waals surface area contributed by atoms with Crippen LogP contribution in [0.4, 0.5) is 4.39 Å². The monoisotopic (exact) mass is 356 g/mol. The molecule has 2 aromatic carbocycles. The number of aryl methyl sites for hydroxylation is 1. The maximum absolute atomic E-state index is 13.2. The lowest BCUT2D eigenvalue weighted by Gasteiger charge is -2.30. The molecular weight excluding hydrogens is 331 g/mol. The second-order valence-electron chi connectivity index (χ2n) is 6.29. The molecule has 0 aromatic heterocycles. The van der Waals surface area contributed by atoms with Crippen LogP contribution in [-0.4, -0.2) is 29.8 Å². The molecule has 26 heavy (non-hydrogen) atoms. The molecule has 0 aliphatic heterocycles. The highest BCUT2D eigenvalue weighted by atomic mass is 19.1. The summed E-state index contributed by atoms with van der Waals surface area (Å²) in [6.07, 6.45) is 0.724. The topological polar surface area (TPSA) is 49.4 Å². The van der Waals surface area contributed by atoms with E-state index >= 15 is 0 Å². The average Bonchev–Trinajstić information content (AvgIpc) is 2.64. The molecule has 5 heteroatoms. The van der Waals surface area contributed by atoms with E-state index in [-0.39, 0.29) is 30.6 Å². The third-order valence-electron chi connectivity index (χ3n) is 4.50. The van der Waals surface area contributed by atoms with E-state index in [2.05, 4.69) is 5.32 Å². The van der Waals surface area contributed by atoms with Crippen molar-refractivity contribution in [3.05, 3.63) is 71.0 Å². The number of nitrogens with zero attached hydrogens (tertiary/aromatic N) is 1. The zero-order valence-electron chi connectivity index (χ0n) is 15.5. The number of carbonyl (C=O) groups is 2. The lowest BCUT2D eigenvalue weighted by Crippen LogP contribution is -2.48. The van der Waals surface area contributed by atoms with Crippen molar-refractivity contribution in [2.24, 2.45) is 0 Å². The van der Waals surface area contributed by atoms with Crippen LogP contribution in [0.2, 0.25) is 0 Å². The molecule has 2 rings (SSSR count). The summed E-state index contributed by atoms with van der Waals surface area (Å²) in [5.74, 6) is -0.656. The molecule has 0 heterocycles. The summed E-state index contributed by atoms with van der Waals surface area (Å²) < 4.78 is 13.2. The number of halogens is 1. The molecule has 138 valence electrons. The molecule has 0 unspecified atom stereocenters. The Bertz CT molecular complexity index is 759. The van der Waals surface area contributed by atoms with Crippen LogP contribution in [0.15, 0.2) is 48.5 Å². The molecule has 0 aliphatic carbocycles. The highest BCUT2D eigenvalue weighted by Gasteiger charge is 2.28. The van der Waals surface area contributed by atoms with Crippen LogP contribution in [0, 0.1) is 12.7 Å². The average molecular weight is 356 g/mol. The Balaban J connectivity index is 2.29. The van der Waals surface area contributed by atoms with Crippen LogP contribution in [0.5, 0.6) is 0 Å². The van der Waals surface area contributed by atoms with E-state index in [9.17, 15) is 14.0 Å². The molecule has 1 N–H and O–H groups in total. The maximum atomic E-state index is 13.2. The molecule has 0 aliphatic rings. The largest absolute Gasteiger partial charge is 0.357 e. The van der Waals surface area contributed by atoms with Gasteiger partial charge in [-0.2, -0.15) is 0 Å². The van der Waals surface area contributed by atoms with Crippen molar-refractivity contribution in [1.29, 1.82) is 0 Å². The molecule has 0 bridgehead atoms. The predicted octanol–water partition coefficient (Wildman–Crippen LogP) is 3.23. The minimum atomic E-state index is -0.568. The fraction of sp³-hybridized carbons (Fsp3) is 0.333. The standard InChI is InChI=1S/C21H25FN2O2/c1-4-19(21(26)23-3)24(14-16-9-11-18(22)12-10-16)20(25)13-17-8-6-5-7-15(17)2/h5-12,19H,4,13-14H2,1-3H3,(H,23,26)/t19-/m1/s1. The van der Waals surface area contributed by atoms with Gasteiger partial charge in [-0.15, -0.1) is 0 Å². The van der Waals surface area contributed by atoms with Crippen molar-refractivity contribution in [3.8, 4) is 0 Å². The Morgan fingerprint density at radius 3 is 2.35 bits per heavy atom. The first-order valence-electron chi connectivity index (χ1n) is 8.76. The van der Waals surface area contributed by atoms with Gasteiger partial charge in [-0.25, -0.2) is 4.39 Å². The minimum Gasteiger partial charge on any atom is -0.357 e. The van der Waals surface area contributed by atoms with Gasteiger partial charge in [0.2, 0.25) is 11.8 Å². The molecule has 1 atom stereocenters. The maximum Gasteiger partial charge on any atom is 0.242 e. The van der Waals surface area contributed by atoms with Gasteiger partial charge in [0.05, 0.1) is 6.42 Å². The van der Waals surface area contributed by atoms with Gasteiger partial charge < -0.3 is 10.2 Å². The Hall–Kier alpha value is -2.69. The summed E-state index contributed by atoms with van der Waals surface area (Å²) in [4.78, 5) is 26.9. The molecule has 0 radical (unpaired) electrons. The normalized spacial score (nSPS) is 11.7. The van der Waals surface area contributed by atoms with Gasteiger partial charge in [-0.1, -0.05) is 43.3 Å². The summed E-state index contributed by atoms with van der Waals surface area (Å²) in [6.45, 7) is 4.10. The molecule has 2 amide bonds. The van der Waals surface area contributed by atoms with Crippen molar-refractivity contribution in [2.45, 2.75) is 39.3 Å². The molecule has 2 aromatic rings. The molecular formula is C21H25FN2O2. The summed E-state index contributed by atoms with van der Waals surface area (Å²) in [5.41, 5.74) is 2.76. The van der Waals surface area contributed by atoms with Gasteiger partial charge in [-0.05, 0) is 42.2 Å². The number of nitrogens with one attached hydrogen (secondary N) is 1. The number of likely N-dealkylation sites (N-methyl/N-ethyl adjacent to an activating group) is 1. The van der Waals surface area contributed by atoms with Crippen molar-refractivity contribution in [1.82, 2.24) is 10.2 Å². The van der Waals surface area contributed by atoms with Crippen molar-refractivity contribution < 1.29 is 14.0 Å². The van der Waals surface area contributed by atoms with Crippen LogP contribution in [0.3, 0.4) is 0 Å². The van der Waals surface area contributed by atoms with Crippen LogP contribution >= 0.6 is 0 Å². The van der Waals surface area contributed by atoms with Crippen LogP contribution in [0.25, 0.3) is 0 Å². The van der Waals surface area contributed by atoms with Gasteiger partial charge in [-0.3, -0.25) is 9.59 Å². The second kappa shape index (κ2) is 9.13. The highest BCUT2D eigenvalue weighted by molar-refractivity contribution is 5.88. The fourth-order valence-electron chi connectivity index (χ4n) is 2.95. The Labute approximate surface area is 154 Å². The predicted molar refractivity (Wildman–Crippen MR) is 100.0 cm³/mol. The quantitative estimate of drug-likeness (QED) is 0.828. The zero-order valence-corrected chi connectivity index (χ0v) is 15.5. The number of carbonyl (C=O) groups excluding carboxylic acids is 2. The Morgan fingerprint density at radius 1 is 1.12 bits per heavy atom. The highest BCUT2D eigenvalue weighted by Crippen LogP contribution is 2.16. The zero-order chi connectivity index (χ0) is 19.1. The third-order valence-corrected chi connectivity index (χ3v) is 4.50. The van der Waals surface area contributed by atoms with Crippen molar-refractivity contribution in [2.75, 3.05) is 7.05 Å². The lowest BCUT2D eigenvalue weighted by molar-refractivity contribution is -0.140. The van der Waals surface area contributed by atoms with Crippen LogP contribution in [0.1, 0.15) is 30.0 Å². The Kier molecular flexibility index (Phi) is 6.89. The van der Waals surface area contributed by atoms with Gasteiger partial charge in [0, 0.05) is 13.6 Å². The second-order valence-corrected chi connectivity index (χ2v) is 6.29. The minimum absolute atomic E-state index is 0.126. The van der Waals surface area contributed by atoms with Crippen LogP contribution < -0.4 is 5.32 Å². The summed E-state index contributed by atoms with van der Waals surface area (Å²) in [6, 6.07) is 13.1. The lowest BCUT2D eigenvalue weighted by atomic mass is 10.0. The number of amides is 2. The smallest absolute Gasteiger partial charge is 0.242 e. The van der Waals surface area contributed by atoms with E-state index in [1.165, 1.54) is 12.1 Å². The van der Waals surface area contributed by atoms with Crippen molar-refractivity contribution in [3.63, 3.8) is 0 Å². The summed E-state index contributed by atoms with van der Waals surface area (Å²) in [5, 5.41) is 2.63. The van der Waals surface area contributed by atoms with E-state index in [0.717, 1.165) is 16.7 Å². The van der Waals surface area contributed by atoms with Crippen molar-refractivity contribution >= 4 is 11.8 Å². The number of rotatable bonds is 7. The van der Waals surface area contributed by atoms with E-state index in [1.807, 2.05) is 38.1 Å². The van der Waals surface area contributed by atoms with E-state index in [0.29, 0.717) is 6.42 Å². The summed E-state index contributed by atoms with van der Waals surface area (Å²) >= 11 is 0. The molecule has 0 spiro atoms. The van der Waals surface area contributed by atoms with E-state index in [4.69, 9.17) is 0 Å². The first-order chi connectivity index (χ1) is 12.5. The number of hydrogen-bond donors (Lipinski definition) is 1. The number of benzene rings is 2. The molecule has 0 saturated carbocycles. The van der Waals surface area contributed by atoms with Gasteiger partial charge in [0.1, 0.15) is 11.9 Å². The first-order valence-corrected chi connectivity index (χ1v) is 8.76. The fourth-order valence-corrected chi connectivity index (χ4v) is 2.95. The molecule has 0 fully saturated rings. The molecule has 4 nitrogen and oxygen atoms in total. The number of hydrogen-bond acceptors (Lipinski definition) is 2. The summed E-state index contributed by atoms with van der Waals surface area (Å²) in [7, 11) is 1.56. The first kappa shape index (κ1) is 19.6. The molecule has 0 saturated heterocycles. The Morgan fingerprint density at radius 2 is 1.77 bits per heavy atom. The van der Waals surface area contributed by atoms with Gasteiger partial charge in [0.25, 0.3) is 0 Å².